The minimum Gasteiger partial charge on any atom is -0.462 e. The molecule has 0 rings (SSSR count). The molecule has 0 aromatic rings. The molecule has 0 spiro atoms. The van der Waals surface area contributed by atoms with E-state index in [4.69, 9.17) is 18.5 Å². The number of allylic oxidation sites excluding steroid dienone is 4. The lowest BCUT2D eigenvalue weighted by Crippen LogP contribution is -2.37. The third-order valence-electron chi connectivity index (χ3n) is 8.95. The van der Waals surface area contributed by atoms with Gasteiger partial charge in [-0.25, -0.2) is 4.57 Å². The Hall–Kier alpha value is -1.51. The second kappa shape index (κ2) is 35.2. The van der Waals surface area contributed by atoms with E-state index in [-0.39, 0.29) is 32.0 Å². The number of carbonyl (C=O) groups excluding carboxylic acids is 2. The lowest BCUT2D eigenvalue weighted by molar-refractivity contribution is -0.870. The zero-order valence-electron chi connectivity index (χ0n) is 34.3. The largest absolute Gasteiger partial charge is 0.472 e. The highest BCUT2D eigenvalue weighted by Gasteiger charge is 2.27. The fourth-order valence-electron chi connectivity index (χ4n) is 5.59. The van der Waals surface area contributed by atoms with Crippen LogP contribution in [0.25, 0.3) is 0 Å². The zero-order valence-corrected chi connectivity index (χ0v) is 35.2. The van der Waals surface area contributed by atoms with Crippen LogP contribution < -0.4 is 0 Å². The summed E-state index contributed by atoms with van der Waals surface area (Å²) in [5, 5.41) is 0. The number of quaternary nitrogens is 1. The number of esters is 2. The standard InChI is InChI=1S/C42H80NO8P/c1-6-8-10-12-14-16-18-20-21-23-24-26-28-30-32-34-41(44)48-38-40(39-50-52(46,47)49-37-36-43(3,4)5)51-42(45)35-33-31-29-27-25-22-19-17-15-13-11-9-7-2/h15,17,21,23,40H,6-14,16,18-20,22,24-39H2,1-5H3/p+1/b17-15+,23-21-/t40-/m0/s1. The third-order valence-corrected chi connectivity index (χ3v) is 9.94. The van der Waals surface area contributed by atoms with E-state index in [0.29, 0.717) is 17.4 Å². The molecule has 2 atom stereocenters. The molecule has 0 aliphatic heterocycles. The number of carbonyl (C=O) groups is 2. The molecule has 0 saturated heterocycles. The molecule has 0 radical (unpaired) electrons. The van der Waals surface area contributed by atoms with E-state index in [2.05, 4.69) is 38.2 Å². The monoisotopic (exact) mass is 759 g/mol. The number of phosphoric ester groups is 1. The maximum Gasteiger partial charge on any atom is 0.472 e. The summed E-state index contributed by atoms with van der Waals surface area (Å²) in [5.74, 6) is -0.818. The van der Waals surface area contributed by atoms with Crippen LogP contribution in [-0.2, 0) is 32.7 Å². The van der Waals surface area contributed by atoms with Crippen molar-refractivity contribution in [1.29, 1.82) is 0 Å². The van der Waals surface area contributed by atoms with Crippen LogP contribution in [0.4, 0.5) is 0 Å². The van der Waals surface area contributed by atoms with Crippen molar-refractivity contribution in [3.8, 4) is 0 Å². The van der Waals surface area contributed by atoms with Crippen LogP contribution in [0, 0.1) is 0 Å². The topological polar surface area (TPSA) is 108 Å². The van der Waals surface area contributed by atoms with Gasteiger partial charge in [0.15, 0.2) is 6.10 Å². The van der Waals surface area contributed by atoms with E-state index in [0.717, 1.165) is 64.2 Å². The summed E-state index contributed by atoms with van der Waals surface area (Å²) in [5.41, 5.74) is 0. The molecule has 1 unspecified atom stereocenters. The summed E-state index contributed by atoms with van der Waals surface area (Å²) in [6.07, 6.45) is 36.5. The van der Waals surface area contributed by atoms with E-state index in [9.17, 15) is 19.0 Å². The fourth-order valence-corrected chi connectivity index (χ4v) is 6.33. The molecule has 0 aromatic heterocycles. The molecule has 0 aromatic carbocycles. The molecule has 0 saturated carbocycles. The number of hydrogen-bond donors (Lipinski definition) is 1. The zero-order chi connectivity index (χ0) is 38.6. The van der Waals surface area contributed by atoms with Crippen LogP contribution in [0.15, 0.2) is 24.3 Å². The number of likely N-dealkylation sites (N-methyl/N-ethyl adjacent to an activating group) is 1. The normalized spacial score (nSPS) is 13.9. The SMILES string of the molecule is CCCCC/C=C/CCCCCCCCC(=O)O[C@@H](COC(=O)CCCCCC/C=C\CCCCCCCCC)COP(=O)(O)OCC[N+](C)(C)C. The average Bonchev–Trinajstić information content (AvgIpc) is 3.09. The maximum atomic E-state index is 12.6. The Bertz CT molecular complexity index is 949. The molecular formula is C42H81NO8P+. The molecule has 10 heteroatoms. The van der Waals surface area contributed by atoms with Crippen molar-refractivity contribution in [2.45, 2.75) is 187 Å². The molecule has 0 bridgehead atoms. The van der Waals surface area contributed by atoms with Crippen molar-refractivity contribution in [3.63, 3.8) is 0 Å². The molecule has 0 aliphatic rings. The Labute approximate surface area is 319 Å². The number of hydrogen-bond acceptors (Lipinski definition) is 7. The predicted molar refractivity (Wildman–Crippen MR) is 215 cm³/mol. The summed E-state index contributed by atoms with van der Waals surface area (Å²) in [6, 6.07) is 0. The first-order valence-corrected chi connectivity index (χ1v) is 22.6. The first kappa shape index (κ1) is 50.5. The summed E-state index contributed by atoms with van der Waals surface area (Å²) < 4.78 is 34.2. The van der Waals surface area contributed by atoms with Crippen molar-refractivity contribution >= 4 is 19.8 Å². The highest BCUT2D eigenvalue weighted by Crippen LogP contribution is 2.43. The van der Waals surface area contributed by atoms with Crippen LogP contribution in [0.5, 0.6) is 0 Å². The molecule has 9 nitrogen and oxygen atoms in total. The number of ether oxygens (including phenoxy) is 2. The molecule has 52 heavy (non-hydrogen) atoms. The minimum atomic E-state index is -4.37. The summed E-state index contributed by atoms with van der Waals surface area (Å²) in [6.45, 7) is 4.37. The van der Waals surface area contributed by atoms with E-state index < -0.39 is 26.5 Å². The molecular weight excluding hydrogens is 677 g/mol. The molecule has 1 N–H and O–H groups in total. The smallest absolute Gasteiger partial charge is 0.462 e. The van der Waals surface area contributed by atoms with Crippen molar-refractivity contribution in [3.05, 3.63) is 24.3 Å². The van der Waals surface area contributed by atoms with Crippen LogP contribution in [0.1, 0.15) is 181 Å². The van der Waals surface area contributed by atoms with Gasteiger partial charge in [0.25, 0.3) is 0 Å². The Morgan fingerprint density at radius 1 is 0.577 bits per heavy atom. The van der Waals surface area contributed by atoms with Crippen molar-refractivity contribution < 1.29 is 42.1 Å². The molecule has 0 aliphatic carbocycles. The number of rotatable bonds is 38. The highest BCUT2D eigenvalue weighted by molar-refractivity contribution is 7.47. The minimum absolute atomic E-state index is 0.0298. The van der Waals surface area contributed by atoms with Crippen LogP contribution in [-0.4, -0.2) is 74.9 Å². The van der Waals surface area contributed by atoms with Gasteiger partial charge < -0.3 is 18.9 Å². The van der Waals surface area contributed by atoms with Gasteiger partial charge in [0, 0.05) is 12.8 Å². The number of phosphoric acid groups is 1. The molecule has 306 valence electrons. The summed E-state index contributed by atoms with van der Waals surface area (Å²) >= 11 is 0. The van der Waals surface area contributed by atoms with Gasteiger partial charge in [0.05, 0.1) is 27.7 Å². The number of nitrogens with zero attached hydrogens (tertiary/aromatic N) is 1. The van der Waals surface area contributed by atoms with Gasteiger partial charge in [-0.1, -0.05) is 128 Å². The quantitative estimate of drug-likeness (QED) is 0.0218. The van der Waals surface area contributed by atoms with Crippen molar-refractivity contribution in [2.24, 2.45) is 0 Å². The average molecular weight is 759 g/mol. The fraction of sp³-hybridized carbons (Fsp3) is 0.857. The Morgan fingerprint density at radius 3 is 1.46 bits per heavy atom. The van der Waals surface area contributed by atoms with Gasteiger partial charge in [-0.05, 0) is 64.2 Å². The van der Waals surface area contributed by atoms with Crippen LogP contribution in [0.2, 0.25) is 0 Å². The number of unbranched alkanes of at least 4 members (excludes halogenated alkanes) is 20. The second-order valence-corrected chi connectivity index (χ2v) is 16.8. The Morgan fingerprint density at radius 2 is 0.981 bits per heavy atom. The second-order valence-electron chi connectivity index (χ2n) is 15.4. The van der Waals surface area contributed by atoms with Crippen molar-refractivity contribution in [2.75, 3.05) is 47.5 Å². The van der Waals surface area contributed by atoms with Crippen LogP contribution in [0.3, 0.4) is 0 Å². The van der Waals surface area contributed by atoms with E-state index >= 15 is 0 Å². The molecule has 0 heterocycles. The lowest BCUT2D eigenvalue weighted by Gasteiger charge is -2.24. The lowest BCUT2D eigenvalue weighted by atomic mass is 10.1. The van der Waals surface area contributed by atoms with E-state index in [1.807, 2.05) is 21.1 Å². The first-order valence-electron chi connectivity index (χ1n) is 21.1. The van der Waals surface area contributed by atoms with Gasteiger partial charge in [-0.2, -0.15) is 0 Å². The first-order chi connectivity index (χ1) is 25.0. The Balaban J connectivity index is 4.40. The summed E-state index contributed by atoms with van der Waals surface area (Å²) in [7, 11) is 1.47. The van der Waals surface area contributed by atoms with Gasteiger partial charge in [0.1, 0.15) is 19.8 Å². The maximum absolute atomic E-state index is 12.6. The van der Waals surface area contributed by atoms with Gasteiger partial charge >= 0.3 is 19.8 Å². The van der Waals surface area contributed by atoms with Gasteiger partial charge in [0.2, 0.25) is 0 Å². The van der Waals surface area contributed by atoms with E-state index in [1.165, 1.54) is 83.5 Å². The molecule has 0 fully saturated rings. The predicted octanol–water partition coefficient (Wildman–Crippen LogP) is 11.6. The highest BCUT2D eigenvalue weighted by atomic mass is 31.2. The van der Waals surface area contributed by atoms with E-state index in [1.54, 1.807) is 0 Å². The van der Waals surface area contributed by atoms with Crippen LogP contribution >= 0.6 is 7.82 Å². The molecule has 0 amide bonds. The van der Waals surface area contributed by atoms with Gasteiger partial charge in [-0.15, -0.1) is 0 Å². The Kier molecular flexibility index (Phi) is 34.2. The van der Waals surface area contributed by atoms with Gasteiger partial charge in [-0.3, -0.25) is 18.6 Å². The van der Waals surface area contributed by atoms with Crippen molar-refractivity contribution in [1.82, 2.24) is 0 Å². The summed E-state index contributed by atoms with van der Waals surface area (Å²) in [4.78, 5) is 35.3. The third kappa shape index (κ3) is 38.2.